The Kier molecular flexibility index (Phi) is 9.47. The van der Waals surface area contributed by atoms with Crippen molar-refractivity contribution in [3.8, 4) is 0 Å². The van der Waals surface area contributed by atoms with Crippen molar-refractivity contribution in [2.24, 2.45) is 11.8 Å². The lowest BCUT2D eigenvalue weighted by molar-refractivity contribution is -0.137. The largest absolute Gasteiger partial charge is 0.454 e. The zero-order valence-electron chi connectivity index (χ0n) is 20.7. The van der Waals surface area contributed by atoms with E-state index in [1.807, 2.05) is 30.3 Å². The molecular formula is C29H30F3NO4. The summed E-state index contributed by atoms with van der Waals surface area (Å²) in [7, 11) is 0. The average Bonchev–Trinajstić information content (AvgIpc) is 2.89. The van der Waals surface area contributed by atoms with E-state index >= 15 is 0 Å². The summed E-state index contributed by atoms with van der Waals surface area (Å²) >= 11 is 0. The van der Waals surface area contributed by atoms with Crippen molar-refractivity contribution in [3.63, 3.8) is 0 Å². The molecule has 0 spiro atoms. The maximum Gasteiger partial charge on any atom is 0.416 e. The molecule has 0 amide bonds. The smallest absolute Gasteiger partial charge is 0.416 e. The molecule has 3 aromatic carbocycles. The van der Waals surface area contributed by atoms with Gasteiger partial charge >= 0.3 is 18.1 Å². The lowest BCUT2D eigenvalue weighted by Crippen LogP contribution is -2.19. The third-order valence-corrected chi connectivity index (χ3v) is 6.20. The predicted molar refractivity (Wildman–Crippen MR) is 134 cm³/mol. The molecule has 0 aliphatic heterocycles. The van der Waals surface area contributed by atoms with Crippen LogP contribution >= 0.6 is 0 Å². The van der Waals surface area contributed by atoms with Gasteiger partial charge in [0.1, 0.15) is 6.10 Å². The summed E-state index contributed by atoms with van der Waals surface area (Å²) in [5, 5.41) is 0. The molecule has 3 rings (SSSR count). The highest BCUT2D eigenvalue weighted by molar-refractivity contribution is 6.03. The van der Waals surface area contributed by atoms with E-state index in [1.165, 1.54) is 24.3 Å². The summed E-state index contributed by atoms with van der Waals surface area (Å²) in [5.74, 6) is 3.62. The van der Waals surface area contributed by atoms with Gasteiger partial charge in [0.15, 0.2) is 0 Å². The number of ether oxygens (including phenoxy) is 1. The van der Waals surface area contributed by atoms with Crippen LogP contribution in [0.5, 0.6) is 0 Å². The molecule has 2 N–H and O–H groups in total. The molecule has 0 radical (unpaired) electrons. The highest BCUT2D eigenvalue weighted by Crippen LogP contribution is 2.37. The molecule has 0 fully saturated rings. The summed E-state index contributed by atoms with van der Waals surface area (Å²) in [6.07, 6.45) is -3.26. The zero-order valence-corrected chi connectivity index (χ0v) is 20.7. The second-order valence-corrected chi connectivity index (χ2v) is 9.28. The van der Waals surface area contributed by atoms with E-state index in [0.29, 0.717) is 18.8 Å². The molecule has 0 aliphatic rings. The summed E-state index contributed by atoms with van der Waals surface area (Å²) in [4.78, 5) is 29.6. The standard InChI is InChI=1S/C29H30F3NO4/c1-19(2)12-13-22(20-14-16-23(17-15-20)29(30,31)32)18-26(21-8-4-3-5-9-21)36-27(34)24-10-6-7-11-25(24)28(35)37-33/h3-11,14-17,19,22,26H,12-13,18,33H2,1-2H3/t22-,26+/m1/s1. The van der Waals surface area contributed by atoms with E-state index in [4.69, 9.17) is 10.6 Å². The highest BCUT2D eigenvalue weighted by Gasteiger charge is 2.31. The Hall–Kier alpha value is -3.65. The van der Waals surface area contributed by atoms with Crippen molar-refractivity contribution in [2.75, 3.05) is 0 Å². The molecule has 0 saturated heterocycles. The fourth-order valence-electron chi connectivity index (χ4n) is 4.17. The van der Waals surface area contributed by atoms with E-state index in [-0.39, 0.29) is 17.0 Å². The topological polar surface area (TPSA) is 78.6 Å². The fourth-order valence-corrected chi connectivity index (χ4v) is 4.17. The van der Waals surface area contributed by atoms with E-state index in [1.54, 1.807) is 12.1 Å². The average molecular weight is 514 g/mol. The number of nitrogens with two attached hydrogens (primary N) is 1. The van der Waals surface area contributed by atoms with Crippen LogP contribution in [0.2, 0.25) is 0 Å². The molecule has 0 bridgehead atoms. The van der Waals surface area contributed by atoms with Gasteiger partial charge in [0, 0.05) is 0 Å². The Bertz CT molecular complexity index is 1180. The first-order valence-corrected chi connectivity index (χ1v) is 12.0. The Morgan fingerprint density at radius 3 is 1.89 bits per heavy atom. The molecule has 0 aliphatic carbocycles. The lowest BCUT2D eigenvalue weighted by Gasteiger charge is -2.26. The normalized spacial score (nSPS) is 13.2. The molecule has 196 valence electrons. The summed E-state index contributed by atoms with van der Waals surface area (Å²) in [6.45, 7) is 4.15. The summed E-state index contributed by atoms with van der Waals surface area (Å²) < 4.78 is 45.3. The SMILES string of the molecule is CC(C)CC[C@H](C[C@H](OC(=O)c1ccccc1C(=O)ON)c1ccccc1)c1ccc(C(F)(F)F)cc1. The first-order valence-electron chi connectivity index (χ1n) is 12.0. The van der Waals surface area contributed by atoms with Crippen LogP contribution in [0, 0.1) is 5.92 Å². The number of carbonyl (C=O) groups excluding carboxylic acids is 2. The van der Waals surface area contributed by atoms with Crippen molar-refractivity contribution < 1.29 is 32.3 Å². The van der Waals surface area contributed by atoms with Gasteiger partial charge in [-0.2, -0.15) is 19.1 Å². The Morgan fingerprint density at radius 1 is 0.784 bits per heavy atom. The van der Waals surface area contributed by atoms with Crippen LogP contribution in [0.25, 0.3) is 0 Å². The Morgan fingerprint density at radius 2 is 1.35 bits per heavy atom. The molecule has 0 heterocycles. The molecule has 0 unspecified atom stereocenters. The van der Waals surface area contributed by atoms with Crippen molar-refractivity contribution in [1.82, 2.24) is 0 Å². The number of alkyl halides is 3. The number of esters is 1. The minimum Gasteiger partial charge on any atom is -0.454 e. The zero-order chi connectivity index (χ0) is 27.0. The number of halogens is 3. The third kappa shape index (κ3) is 7.67. The predicted octanol–water partition coefficient (Wildman–Crippen LogP) is 7.24. The molecule has 0 aromatic heterocycles. The maximum absolute atomic E-state index is 13.2. The minimum absolute atomic E-state index is 0.00661. The number of benzene rings is 3. The number of hydrogen-bond acceptors (Lipinski definition) is 5. The molecule has 5 nitrogen and oxygen atoms in total. The summed E-state index contributed by atoms with van der Waals surface area (Å²) in [5.41, 5.74) is 0.732. The molecule has 0 saturated carbocycles. The summed E-state index contributed by atoms with van der Waals surface area (Å²) in [6, 6.07) is 20.3. The van der Waals surface area contributed by atoms with Gasteiger partial charge in [-0.15, -0.1) is 0 Å². The third-order valence-electron chi connectivity index (χ3n) is 6.20. The minimum atomic E-state index is -4.42. The van der Waals surface area contributed by atoms with Crippen LogP contribution in [0.15, 0.2) is 78.9 Å². The van der Waals surface area contributed by atoms with E-state index in [0.717, 1.165) is 29.7 Å². The van der Waals surface area contributed by atoms with Crippen LogP contribution in [0.1, 0.15) is 82.5 Å². The van der Waals surface area contributed by atoms with Gasteiger partial charge in [-0.3, -0.25) is 0 Å². The van der Waals surface area contributed by atoms with Crippen LogP contribution in [-0.4, -0.2) is 11.9 Å². The fraction of sp³-hybridized carbons (Fsp3) is 0.310. The van der Waals surface area contributed by atoms with E-state index in [9.17, 15) is 22.8 Å². The lowest BCUT2D eigenvalue weighted by atomic mass is 9.85. The molecule has 8 heteroatoms. The van der Waals surface area contributed by atoms with Gasteiger partial charge in [0.05, 0.1) is 16.7 Å². The van der Waals surface area contributed by atoms with Crippen LogP contribution < -0.4 is 5.90 Å². The van der Waals surface area contributed by atoms with E-state index < -0.39 is 29.8 Å². The molecule has 3 aromatic rings. The van der Waals surface area contributed by atoms with E-state index in [2.05, 4.69) is 18.7 Å². The number of rotatable bonds is 10. The van der Waals surface area contributed by atoms with Crippen molar-refractivity contribution in [2.45, 2.75) is 51.3 Å². The first kappa shape index (κ1) is 27.9. The molecular weight excluding hydrogens is 483 g/mol. The van der Waals surface area contributed by atoms with Gasteiger partial charge in [-0.05, 0) is 60.1 Å². The first-order chi connectivity index (χ1) is 17.6. The highest BCUT2D eigenvalue weighted by atomic mass is 19.4. The van der Waals surface area contributed by atoms with Crippen LogP contribution in [0.4, 0.5) is 13.2 Å². The van der Waals surface area contributed by atoms with Crippen LogP contribution in [0.3, 0.4) is 0 Å². The molecule has 37 heavy (non-hydrogen) atoms. The van der Waals surface area contributed by atoms with Gasteiger partial charge < -0.3 is 9.57 Å². The second kappa shape index (κ2) is 12.5. The number of carbonyl (C=O) groups is 2. The Labute approximate surface area is 214 Å². The van der Waals surface area contributed by atoms with Gasteiger partial charge in [-0.25, -0.2) is 9.59 Å². The number of hydrogen-bond donors (Lipinski definition) is 1. The monoisotopic (exact) mass is 513 g/mol. The van der Waals surface area contributed by atoms with Gasteiger partial charge in [-0.1, -0.05) is 74.9 Å². The van der Waals surface area contributed by atoms with Crippen molar-refractivity contribution in [3.05, 3.63) is 107 Å². The quantitative estimate of drug-likeness (QED) is 0.228. The van der Waals surface area contributed by atoms with Crippen LogP contribution in [-0.2, 0) is 15.8 Å². The molecule has 2 atom stereocenters. The van der Waals surface area contributed by atoms with Crippen molar-refractivity contribution >= 4 is 11.9 Å². The van der Waals surface area contributed by atoms with Crippen molar-refractivity contribution in [1.29, 1.82) is 0 Å². The second-order valence-electron chi connectivity index (χ2n) is 9.28. The van der Waals surface area contributed by atoms with Gasteiger partial charge in [0.25, 0.3) is 0 Å². The Balaban J connectivity index is 1.94. The van der Waals surface area contributed by atoms with Gasteiger partial charge in [0.2, 0.25) is 0 Å². The maximum atomic E-state index is 13.2.